The molecule has 1 aliphatic heterocycles. The zero-order valence-corrected chi connectivity index (χ0v) is 10.9. The average Bonchev–Trinajstić information content (AvgIpc) is 2.30. The molecule has 98 valence electrons. The van der Waals surface area contributed by atoms with Gasteiger partial charge in [0.2, 0.25) is 0 Å². The van der Waals surface area contributed by atoms with E-state index in [0.29, 0.717) is 5.56 Å². The van der Waals surface area contributed by atoms with Gasteiger partial charge in [0.25, 0.3) is 5.91 Å². The normalized spacial score (nSPS) is 18.7. The lowest BCUT2D eigenvalue weighted by atomic mass is 9.84. The maximum Gasteiger partial charge on any atom is 0.257 e. The van der Waals surface area contributed by atoms with Crippen molar-refractivity contribution in [3.8, 4) is 5.75 Å². The van der Waals surface area contributed by atoms with Gasteiger partial charge < -0.3 is 15.7 Å². The monoisotopic (exact) mass is 248 g/mol. The highest BCUT2D eigenvalue weighted by molar-refractivity contribution is 5.98. The van der Waals surface area contributed by atoms with Gasteiger partial charge in [0.15, 0.2) is 5.75 Å². The van der Waals surface area contributed by atoms with E-state index in [1.165, 1.54) is 0 Å². The molecule has 0 spiro atoms. The molecule has 1 heterocycles. The van der Waals surface area contributed by atoms with Crippen LogP contribution >= 0.6 is 0 Å². The molecule has 0 saturated carbocycles. The second-order valence-corrected chi connectivity index (χ2v) is 5.74. The summed E-state index contributed by atoms with van der Waals surface area (Å²) in [6.07, 6.45) is 2.13. The van der Waals surface area contributed by atoms with E-state index in [2.05, 4.69) is 13.8 Å². The Bertz CT molecular complexity index is 469. The van der Waals surface area contributed by atoms with Crippen molar-refractivity contribution >= 4 is 11.6 Å². The number of para-hydroxylation sites is 1. The van der Waals surface area contributed by atoms with Crippen LogP contribution in [0.5, 0.6) is 5.75 Å². The minimum absolute atomic E-state index is 0.106. The van der Waals surface area contributed by atoms with Gasteiger partial charge in [0, 0.05) is 13.1 Å². The predicted molar refractivity (Wildman–Crippen MR) is 71.4 cm³/mol. The lowest BCUT2D eigenvalue weighted by Crippen LogP contribution is -2.43. The highest BCUT2D eigenvalue weighted by Gasteiger charge is 2.30. The molecule has 0 unspecified atom stereocenters. The van der Waals surface area contributed by atoms with Crippen LogP contribution in [0.3, 0.4) is 0 Å². The van der Waals surface area contributed by atoms with Crippen molar-refractivity contribution in [2.45, 2.75) is 26.7 Å². The van der Waals surface area contributed by atoms with Crippen LogP contribution in [0.1, 0.15) is 37.0 Å². The molecule has 4 nitrogen and oxygen atoms in total. The molecule has 3 N–H and O–H groups in total. The average molecular weight is 248 g/mol. The van der Waals surface area contributed by atoms with E-state index >= 15 is 0 Å². The van der Waals surface area contributed by atoms with E-state index in [1.54, 1.807) is 23.1 Å². The van der Waals surface area contributed by atoms with Crippen molar-refractivity contribution in [1.82, 2.24) is 4.90 Å². The Morgan fingerprint density at radius 3 is 2.83 bits per heavy atom. The summed E-state index contributed by atoms with van der Waals surface area (Å²) in [4.78, 5) is 14.2. The number of nitrogen functional groups attached to an aromatic ring is 1. The summed E-state index contributed by atoms with van der Waals surface area (Å²) >= 11 is 0. The number of nitrogens with two attached hydrogens (primary N) is 1. The number of anilines is 1. The first kappa shape index (κ1) is 12.7. The highest BCUT2D eigenvalue weighted by Crippen LogP contribution is 2.31. The third-order valence-corrected chi connectivity index (χ3v) is 3.49. The maximum absolute atomic E-state index is 12.4. The number of carbonyl (C=O) groups is 1. The maximum atomic E-state index is 12.4. The lowest BCUT2D eigenvalue weighted by Gasteiger charge is -2.38. The van der Waals surface area contributed by atoms with E-state index in [1.807, 2.05) is 0 Å². The van der Waals surface area contributed by atoms with E-state index in [4.69, 9.17) is 5.73 Å². The fraction of sp³-hybridized carbons (Fsp3) is 0.500. The van der Waals surface area contributed by atoms with E-state index in [9.17, 15) is 9.90 Å². The summed E-state index contributed by atoms with van der Waals surface area (Å²) in [7, 11) is 0. The molecule has 18 heavy (non-hydrogen) atoms. The standard InChI is InChI=1S/C14H20N2O2/c1-14(2)7-4-8-16(9-14)13(18)10-5-3-6-11(15)12(10)17/h3,5-6,17H,4,7-9,15H2,1-2H3. The summed E-state index contributed by atoms with van der Waals surface area (Å²) in [6, 6.07) is 4.90. The number of rotatable bonds is 1. The summed E-state index contributed by atoms with van der Waals surface area (Å²) in [5.41, 5.74) is 6.31. The van der Waals surface area contributed by atoms with Gasteiger partial charge in [0.05, 0.1) is 11.3 Å². The summed E-state index contributed by atoms with van der Waals surface area (Å²) in [6.45, 7) is 5.79. The van der Waals surface area contributed by atoms with E-state index < -0.39 is 0 Å². The number of phenolic OH excluding ortho intramolecular Hbond substituents is 1. The van der Waals surface area contributed by atoms with Gasteiger partial charge in [-0.2, -0.15) is 0 Å². The molecule has 2 rings (SSSR count). The first-order valence-electron chi connectivity index (χ1n) is 6.27. The van der Waals surface area contributed by atoms with Gasteiger partial charge in [-0.25, -0.2) is 0 Å². The molecular weight excluding hydrogens is 228 g/mol. The van der Waals surface area contributed by atoms with E-state index in [0.717, 1.165) is 25.9 Å². The molecule has 0 bridgehead atoms. The molecule has 1 saturated heterocycles. The molecule has 0 aliphatic carbocycles. The molecule has 0 radical (unpaired) electrons. The van der Waals surface area contributed by atoms with Crippen LogP contribution in [-0.4, -0.2) is 29.0 Å². The third kappa shape index (κ3) is 2.42. The molecule has 1 aromatic rings. The summed E-state index contributed by atoms with van der Waals surface area (Å²) < 4.78 is 0. The number of amides is 1. The van der Waals surface area contributed by atoms with Crippen molar-refractivity contribution in [3.05, 3.63) is 23.8 Å². The van der Waals surface area contributed by atoms with Crippen molar-refractivity contribution in [2.75, 3.05) is 18.8 Å². The Morgan fingerprint density at radius 1 is 1.44 bits per heavy atom. The highest BCUT2D eigenvalue weighted by atomic mass is 16.3. The summed E-state index contributed by atoms with van der Waals surface area (Å²) in [5.74, 6) is -0.238. The van der Waals surface area contributed by atoms with Crippen LogP contribution in [0, 0.1) is 5.41 Å². The number of hydrogen-bond acceptors (Lipinski definition) is 3. The molecule has 1 aromatic carbocycles. The Morgan fingerprint density at radius 2 is 2.17 bits per heavy atom. The minimum atomic E-state index is -0.132. The Hall–Kier alpha value is -1.71. The van der Waals surface area contributed by atoms with Crippen molar-refractivity contribution in [1.29, 1.82) is 0 Å². The third-order valence-electron chi connectivity index (χ3n) is 3.49. The van der Waals surface area contributed by atoms with Crippen molar-refractivity contribution in [3.63, 3.8) is 0 Å². The van der Waals surface area contributed by atoms with Gasteiger partial charge in [-0.1, -0.05) is 19.9 Å². The van der Waals surface area contributed by atoms with Crippen LogP contribution in [-0.2, 0) is 0 Å². The number of likely N-dealkylation sites (tertiary alicyclic amines) is 1. The molecular formula is C14H20N2O2. The molecule has 0 atom stereocenters. The quantitative estimate of drug-likeness (QED) is 0.591. The molecule has 0 aromatic heterocycles. The van der Waals surface area contributed by atoms with Crippen molar-refractivity contribution < 1.29 is 9.90 Å². The van der Waals surface area contributed by atoms with Gasteiger partial charge >= 0.3 is 0 Å². The second-order valence-electron chi connectivity index (χ2n) is 5.74. The van der Waals surface area contributed by atoms with Crippen molar-refractivity contribution in [2.24, 2.45) is 5.41 Å². The largest absolute Gasteiger partial charge is 0.505 e. The van der Waals surface area contributed by atoms with Gasteiger partial charge in [-0.3, -0.25) is 4.79 Å². The first-order chi connectivity index (χ1) is 8.41. The van der Waals surface area contributed by atoms with Gasteiger partial charge in [0.1, 0.15) is 0 Å². The number of hydrogen-bond donors (Lipinski definition) is 2. The predicted octanol–water partition coefficient (Wildman–Crippen LogP) is 2.24. The van der Waals surface area contributed by atoms with Gasteiger partial charge in [-0.15, -0.1) is 0 Å². The zero-order chi connectivity index (χ0) is 13.3. The number of benzene rings is 1. The number of phenols is 1. The Labute approximate surface area is 107 Å². The van der Waals surface area contributed by atoms with Crippen LogP contribution in [0.15, 0.2) is 18.2 Å². The fourth-order valence-corrected chi connectivity index (χ4v) is 2.50. The second kappa shape index (κ2) is 4.52. The molecule has 1 aliphatic rings. The SMILES string of the molecule is CC1(C)CCCN(C(=O)c2cccc(N)c2O)C1. The lowest BCUT2D eigenvalue weighted by molar-refractivity contribution is 0.0580. The Kier molecular flexibility index (Phi) is 3.20. The van der Waals surface area contributed by atoms with Gasteiger partial charge in [-0.05, 0) is 30.4 Å². The molecule has 1 fully saturated rings. The number of piperidine rings is 1. The topological polar surface area (TPSA) is 66.6 Å². The smallest absolute Gasteiger partial charge is 0.257 e. The van der Waals surface area contributed by atoms with Crippen LogP contribution < -0.4 is 5.73 Å². The van der Waals surface area contributed by atoms with Crippen LogP contribution in [0.4, 0.5) is 5.69 Å². The number of nitrogens with zero attached hydrogens (tertiary/aromatic N) is 1. The van der Waals surface area contributed by atoms with Crippen LogP contribution in [0.25, 0.3) is 0 Å². The number of aromatic hydroxyl groups is 1. The minimum Gasteiger partial charge on any atom is -0.505 e. The molecule has 1 amide bonds. The fourth-order valence-electron chi connectivity index (χ4n) is 2.50. The van der Waals surface area contributed by atoms with E-state index in [-0.39, 0.29) is 22.8 Å². The Balaban J connectivity index is 2.23. The number of carbonyl (C=O) groups excluding carboxylic acids is 1. The first-order valence-corrected chi connectivity index (χ1v) is 6.27. The summed E-state index contributed by atoms with van der Waals surface area (Å²) in [5, 5.41) is 9.86. The van der Waals surface area contributed by atoms with Crippen LogP contribution in [0.2, 0.25) is 0 Å². The zero-order valence-electron chi connectivity index (χ0n) is 10.9. The molecule has 4 heteroatoms.